The SMILES string of the molecule is O=C(N[C@H]1CCN(C2CCCCC2)C[C@@H]1C(=O)N[C@H](CO)c1ccccc1)c1cc(-c2ccc(F)cc2F)on1. The number of carbonyl (C=O) groups excluding carboxylic acids is 2. The van der Waals surface area contributed by atoms with Crippen molar-refractivity contribution in [2.75, 3.05) is 19.7 Å². The van der Waals surface area contributed by atoms with Gasteiger partial charge in [0, 0.05) is 37.3 Å². The molecule has 3 N–H and O–H groups in total. The predicted molar refractivity (Wildman–Crippen MR) is 144 cm³/mol. The summed E-state index contributed by atoms with van der Waals surface area (Å²) < 4.78 is 32.7. The van der Waals surface area contributed by atoms with E-state index in [9.17, 15) is 23.5 Å². The molecule has 2 aromatic carbocycles. The molecular weight excluding hydrogens is 518 g/mol. The number of amides is 2. The first-order valence-electron chi connectivity index (χ1n) is 13.9. The van der Waals surface area contributed by atoms with E-state index >= 15 is 0 Å². The van der Waals surface area contributed by atoms with Gasteiger partial charge in [-0.2, -0.15) is 0 Å². The predicted octanol–water partition coefficient (Wildman–Crippen LogP) is 4.22. The highest BCUT2D eigenvalue weighted by Crippen LogP contribution is 2.29. The van der Waals surface area contributed by atoms with E-state index in [0.29, 0.717) is 19.0 Å². The Hall–Kier alpha value is -3.63. The molecule has 2 amide bonds. The molecule has 2 heterocycles. The molecule has 1 saturated heterocycles. The van der Waals surface area contributed by atoms with Crippen LogP contribution in [0, 0.1) is 17.6 Å². The zero-order valence-corrected chi connectivity index (χ0v) is 22.2. The molecule has 0 spiro atoms. The fraction of sp³-hybridized carbons (Fsp3) is 0.433. The summed E-state index contributed by atoms with van der Waals surface area (Å²) in [5.74, 6) is -2.91. The number of halogens is 2. The number of hydrogen-bond donors (Lipinski definition) is 3. The first-order chi connectivity index (χ1) is 19.4. The fourth-order valence-corrected chi connectivity index (χ4v) is 5.83. The molecule has 2 aliphatic rings. The maximum atomic E-state index is 14.2. The molecule has 1 saturated carbocycles. The lowest BCUT2D eigenvalue weighted by Crippen LogP contribution is -2.58. The number of nitrogens with one attached hydrogen (secondary N) is 2. The van der Waals surface area contributed by atoms with Gasteiger partial charge in [-0.3, -0.25) is 14.5 Å². The Morgan fingerprint density at radius 1 is 1.05 bits per heavy atom. The summed E-state index contributed by atoms with van der Waals surface area (Å²) in [5.41, 5.74) is 0.717. The molecule has 3 atom stereocenters. The molecule has 212 valence electrons. The zero-order valence-electron chi connectivity index (χ0n) is 22.2. The monoisotopic (exact) mass is 552 g/mol. The first kappa shape index (κ1) is 27.9. The summed E-state index contributed by atoms with van der Waals surface area (Å²) in [6.45, 7) is 0.971. The van der Waals surface area contributed by atoms with Crippen LogP contribution in [0.25, 0.3) is 11.3 Å². The molecule has 0 bridgehead atoms. The molecule has 1 aromatic heterocycles. The minimum absolute atomic E-state index is 0.00212. The molecule has 10 heteroatoms. The highest BCUT2D eigenvalue weighted by atomic mass is 19.1. The second-order valence-electron chi connectivity index (χ2n) is 10.6. The van der Waals surface area contributed by atoms with Crippen molar-refractivity contribution in [1.82, 2.24) is 20.7 Å². The Balaban J connectivity index is 1.32. The summed E-state index contributed by atoms with van der Waals surface area (Å²) in [4.78, 5) is 29.2. The van der Waals surface area contributed by atoms with Gasteiger partial charge in [0.1, 0.15) is 11.6 Å². The van der Waals surface area contributed by atoms with Gasteiger partial charge < -0.3 is 20.3 Å². The smallest absolute Gasteiger partial charge is 0.273 e. The third-order valence-electron chi connectivity index (χ3n) is 8.03. The number of hydrogen-bond acceptors (Lipinski definition) is 6. The van der Waals surface area contributed by atoms with Crippen molar-refractivity contribution in [2.45, 2.75) is 56.7 Å². The van der Waals surface area contributed by atoms with Gasteiger partial charge in [-0.15, -0.1) is 0 Å². The van der Waals surface area contributed by atoms with Crippen LogP contribution in [-0.4, -0.2) is 58.8 Å². The van der Waals surface area contributed by atoms with Crippen LogP contribution in [0.5, 0.6) is 0 Å². The molecule has 1 aliphatic carbocycles. The topological polar surface area (TPSA) is 108 Å². The summed E-state index contributed by atoms with van der Waals surface area (Å²) in [7, 11) is 0. The maximum absolute atomic E-state index is 14.2. The standard InChI is InChI=1S/C30H34F2N4O4/c31-20-11-12-22(24(32)15-20)28-16-26(35-40-28)30(39)33-25-13-14-36(21-9-5-2-6-10-21)17-23(25)29(38)34-27(18-37)19-7-3-1-4-8-19/h1,3-4,7-8,11-12,15-16,21,23,25,27,37H,2,5-6,9-10,13-14,17-18H2,(H,33,39)(H,34,38)/t23-,25-,27+/m0/s1. The first-order valence-corrected chi connectivity index (χ1v) is 13.9. The van der Waals surface area contributed by atoms with E-state index < -0.39 is 35.5 Å². The van der Waals surface area contributed by atoms with Crippen molar-refractivity contribution in [2.24, 2.45) is 5.92 Å². The van der Waals surface area contributed by atoms with Crippen LogP contribution in [0.3, 0.4) is 0 Å². The Morgan fingerprint density at radius 2 is 1.82 bits per heavy atom. The minimum Gasteiger partial charge on any atom is -0.394 e. The maximum Gasteiger partial charge on any atom is 0.273 e. The van der Waals surface area contributed by atoms with Crippen LogP contribution in [0.2, 0.25) is 0 Å². The van der Waals surface area contributed by atoms with Crippen molar-refractivity contribution in [3.05, 3.63) is 77.5 Å². The Bertz CT molecular complexity index is 1310. The van der Waals surface area contributed by atoms with Gasteiger partial charge in [0.15, 0.2) is 11.5 Å². The fourth-order valence-electron chi connectivity index (χ4n) is 5.83. The second kappa shape index (κ2) is 12.7. The van der Waals surface area contributed by atoms with Crippen LogP contribution < -0.4 is 10.6 Å². The lowest BCUT2D eigenvalue weighted by atomic mass is 9.86. The number of aliphatic hydroxyl groups excluding tert-OH is 1. The van der Waals surface area contributed by atoms with Gasteiger partial charge in [-0.05, 0) is 37.0 Å². The lowest BCUT2D eigenvalue weighted by Gasteiger charge is -2.43. The van der Waals surface area contributed by atoms with E-state index in [4.69, 9.17) is 4.52 Å². The van der Waals surface area contributed by atoms with E-state index in [1.807, 2.05) is 30.3 Å². The Kier molecular flexibility index (Phi) is 8.86. The average Bonchev–Trinajstić information content (AvgIpc) is 3.47. The molecule has 5 rings (SSSR count). The lowest BCUT2D eigenvalue weighted by molar-refractivity contribution is -0.129. The van der Waals surface area contributed by atoms with Gasteiger partial charge in [0.25, 0.3) is 5.91 Å². The zero-order chi connectivity index (χ0) is 28.1. The minimum atomic E-state index is -0.827. The Morgan fingerprint density at radius 3 is 2.55 bits per heavy atom. The van der Waals surface area contributed by atoms with Crippen molar-refractivity contribution >= 4 is 11.8 Å². The molecular formula is C30H34F2N4O4. The van der Waals surface area contributed by atoms with E-state index in [0.717, 1.165) is 37.1 Å². The normalized spacial score (nSPS) is 21.1. The molecule has 2 fully saturated rings. The van der Waals surface area contributed by atoms with E-state index in [1.54, 1.807) is 0 Å². The largest absolute Gasteiger partial charge is 0.394 e. The molecule has 3 aromatic rings. The van der Waals surface area contributed by atoms with Crippen LogP contribution in [-0.2, 0) is 4.79 Å². The number of piperidine rings is 1. The van der Waals surface area contributed by atoms with Crippen LogP contribution in [0.15, 0.2) is 59.1 Å². The van der Waals surface area contributed by atoms with Gasteiger partial charge in [-0.25, -0.2) is 8.78 Å². The van der Waals surface area contributed by atoms with Crippen LogP contribution in [0.1, 0.15) is 60.6 Å². The quantitative estimate of drug-likeness (QED) is 0.386. The highest BCUT2D eigenvalue weighted by molar-refractivity contribution is 5.94. The third kappa shape index (κ3) is 6.39. The molecule has 40 heavy (non-hydrogen) atoms. The summed E-state index contributed by atoms with van der Waals surface area (Å²) in [6, 6.07) is 13.0. The van der Waals surface area contributed by atoms with E-state index in [-0.39, 0.29) is 29.5 Å². The molecule has 8 nitrogen and oxygen atoms in total. The summed E-state index contributed by atoms with van der Waals surface area (Å²) in [6.07, 6.45) is 6.31. The number of aliphatic hydroxyl groups is 1. The van der Waals surface area contributed by atoms with Crippen molar-refractivity contribution in [3.63, 3.8) is 0 Å². The molecule has 0 radical (unpaired) electrons. The highest BCUT2D eigenvalue weighted by Gasteiger charge is 2.39. The summed E-state index contributed by atoms with van der Waals surface area (Å²) in [5, 5.41) is 19.7. The van der Waals surface area contributed by atoms with E-state index in [1.165, 1.54) is 31.4 Å². The summed E-state index contributed by atoms with van der Waals surface area (Å²) >= 11 is 0. The number of aromatic nitrogens is 1. The van der Waals surface area contributed by atoms with Crippen LogP contribution in [0.4, 0.5) is 8.78 Å². The number of carbonyl (C=O) groups is 2. The van der Waals surface area contributed by atoms with Gasteiger partial charge in [0.05, 0.1) is 24.1 Å². The van der Waals surface area contributed by atoms with Crippen molar-refractivity contribution in [1.29, 1.82) is 0 Å². The van der Waals surface area contributed by atoms with Crippen molar-refractivity contribution in [3.8, 4) is 11.3 Å². The van der Waals surface area contributed by atoms with Crippen molar-refractivity contribution < 1.29 is 28.0 Å². The molecule has 0 unspecified atom stereocenters. The number of rotatable bonds is 8. The molecule has 1 aliphatic heterocycles. The van der Waals surface area contributed by atoms with Gasteiger partial charge in [-0.1, -0.05) is 54.8 Å². The number of benzene rings is 2. The van der Waals surface area contributed by atoms with Crippen LogP contribution >= 0.6 is 0 Å². The second-order valence-corrected chi connectivity index (χ2v) is 10.6. The van der Waals surface area contributed by atoms with Gasteiger partial charge >= 0.3 is 0 Å². The van der Waals surface area contributed by atoms with E-state index in [2.05, 4.69) is 20.7 Å². The Labute approximate surface area is 231 Å². The number of likely N-dealkylation sites (tertiary alicyclic amines) is 1. The number of nitrogens with zero attached hydrogens (tertiary/aromatic N) is 2. The average molecular weight is 553 g/mol. The van der Waals surface area contributed by atoms with Gasteiger partial charge in [0.2, 0.25) is 5.91 Å². The third-order valence-corrected chi connectivity index (χ3v) is 8.03.